The summed E-state index contributed by atoms with van der Waals surface area (Å²) in [7, 11) is 2.88. The van der Waals surface area contributed by atoms with Crippen molar-refractivity contribution >= 4 is 9.24 Å². The number of benzene rings is 2. The van der Waals surface area contributed by atoms with Crippen LogP contribution < -0.4 is 0 Å². The lowest BCUT2D eigenvalue weighted by Gasteiger charge is -2.24. The van der Waals surface area contributed by atoms with Crippen molar-refractivity contribution < 1.29 is 0 Å². The van der Waals surface area contributed by atoms with Gasteiger partial charge in [-0.25, -0.2) is 0 Å². The van der Waals surface area contributed by atoms with E-state index in [2.05, 4.69) is 71.6 Å². The minimum atomic E-state index is 0.549. The minimum absolute atomic E-state index is 0.549. The molecule has 0 radical (unpaired) electrons. The predicted molar refractivity (Wildman–Crippen MR) is 120 cm³/mol. The van der Waals surface area contributed by atoms with Crippen LogP contribution in [0.15, 0.2) is 48.5 Å². The molecule has 0 amide bonds. The highest BCUT2D eigenvalue weighted by atomic mass is 31.0. The molecule has 0 saturated carbocycles. The normalized spacial score (nSPS) is 11.2. The molecule has 0 aliphatic carbocycles. The summed E-state index contributed by atoms with van der Waals surface area (Å²) in [5.74, 6) is 0.549. The van der Waals surface area contributed by atoms with Crippen molar-refractivity contribution in [2.24, 2.45) is 0 Å². The van der Waals surface area contributed by atoms with E-state index in [0.29, 0.717) is 5.92 Å². The molecule has 0 nitrogen and oxygen atoms in total. The average Bonchev–Trinajstić information content (AvgIpc) is 2.69. The fourth-order valence-corrected chi connectivity index (χ4v) is 4.20. The van der Waals surface area contributed by atoms with Crippen molar-refractivity contribution in [3.8, 4) is 0 Å². The third-order valence-corrected chi connectivity index (χ3v) is 5.82. The van der Waals surface area contributed by atoms with Gasteiger partial charge < -0.3 is 0 Å². The van der Waals surface area contributed by atoms with Crippen molar-refractivity contribution in [2.45, 2.75) is 77.6 Å². The van der Waals surface area contributed by atoms with Gasteiger partial charge in [0.15, 0.2) is 0 Å². The molecule has 26 heavy (non-hydrogen) atoms. The van der Waals surface area contributed by atoms with Gasteiger partial charge in [-0.1, -0.05) is 81.6 Å². The molecule has 0 heterocycles. The Morgan fingerprint density at radius 3 is 1.65 bits per heavy atom. The van der Waals surface area contributed by atoms with E-state index in [1.807, 2.05) is 0 Å². The summed E-state index contributed by atoms with van der Waals surface area (Å²) in [4.78, 5) is 0. The molecule has 0 aliphatic rings. The maximum Gasteiger partial charge on any atom is 0.00947 e. The number of hydrogen-bond donors (Lipinski definition) is 0. The summed E-state index contributed by atoms with van der Waals surface area (Å²) in [6.07, 6.45) is 12.6. The van der Waals surface area contributed by atoms with Crippen LogP contribution in [0.25, 0.3) is 0 Å². The van der Waals surface area contributed by atoms with Crippen molar-refractivity contribution in [3.05, 3.63) is 70.8 Å². The van der Waals surface area contributed by atoms with Crippen LogP contribution >= 0.6 is 9.24 Å². The second-order valence-electron chi connectivity index (χ2n) is 7.44. The molecule has 1 atom stereocenters. The van der Waals surface area contributed by atoms with E-state index in [4.69, 9.17) is 0 Å². The molecule has 2 aromatic carbocycles. The van der Waals surface area contributed by atoms with E-state index < -0.39 is 0 Å². The fourth-order valence-electron chi connectivity index (χ4n) is 3.91. The van der Waals surface area contributed by atoms with Crippen LogP contribution in [0.5, 0.6) is 0 Å². The van der Waals surface area contributed by atoms with Gasteiger partial charge in [0, 0.05) is 5.92 Å². The number of aryl methyl sites for hydroxylation is 2. The van der Waals surface area contributed by atoms with Gasteiger partial charge in [-0.05, 0) is 66.9 Å². The molecule has 0 fully saturated rings. The zero-order chi connectivity index (χ0) is 18.6. The van der Waals surface area contributed by atoms with E-state index in [0.717, 1.165) is 0 Å². The minimum Gasteiger partial charge on any atom is -0.138 e. The van der Waals surface area contributed by atoms with E-state index in [9.17, 15) is 0 Å². The fraction of sp³-hybridized carbons (Fsp3) is 0.520. The van der Waals surface area contributed by atoms with Crippen LogP contribution in [0.1, 0.15) is 87.0 Å². The largest absolute Gasteiger partial charge is 0.138 e. The second kappa shape index (κ2) is 12.3. The smallest absolute Gasteiger partial charge is 0.00947 e. The molecule has 2 aromatic rings. The van der Waals surface area contributed by atoms with Crippen LogP contribution in [-0.2, 0) is 12.8 Å². The van der Waals surface area contributed by atoms with Gasteiger partial charge >= 0.3 is 0 Å². The summed E-state index contributed by atoms with van der Waals surface area (Å²) in [5, 5.41) is 0. The Kier molecular flexibility index (Phi) is 10.0. The summed E-state index contributed by atoms with van der Waals surface area (Å²) < 4.78 is 0. The Balaban J connectivity index is 2.38. The first kappa shape index (κ1) is 21.2. The molecule has 0 aromatic heterocycles. The number of rotatable bonds is 12. The molecule has 0 bridgehead atoms. The quantitative estimate of drug-likeness (QED) is 0.268. The molecule has 142 valence electrons. The SMILES string of the molecule is CCCCc1ccccc1C(CCCCP)c1ccccc1CCCC. The van der Waals surface area contributed by atoms with Gasteiger partial charge in [-0.15, -0.1) is 9.24 Å². The second-order valence-corrected chi connectivity index (χ2v) is 8.02. The topological polar surface area (TPSA) is 0 Å². The van der Waals surface area contributed by atoms with E-state index >= 15 is 0 Å². The molecule has 2 rings (SSSR count). The number of hydrogen-bond acceptors (Lipinski definition) is 0. The Morgan fingerprint density at radius 1 is 0.692 bits per heavy atom. The summed E-state index contributed by atoms with van der Waals surface area (Å²) >= 11 is 0. The molecule has 0 saturated heterocycles. The van der Waals surface area contributed by atoms with Crippen molar-refractivity contribution in [3.63, 3.8) is 0 Å². The van der Waals surface area contributed by atoms with Crippen LogP contribution in [0.4, 0.5) is 0 Å². The molecule has 0 aliphatic heterocycles. The van der Waals surface area contributed by atoms with Gasteiger partial charge in [-0.3, -0.25) is 0 Å². The van der Waals surface area contributed by atoms with Crippen LogP contribution in [0, 0.1) is 0 Å². The zero-order valence-electron chi connectivity index (χ0n) is 16.8. The standard InChI is InChI=1S/C25H37P/c1-3-5-13-21-15-7-9-17-23(21)25(19-11-12-20-26)24-18-10-8-16-22(24)14-6-4-2/h7-10,15-18,25H,3-6,11-14,19-20,26H2,1-2H3. The van der Waals surface area contributed by atoms with Crippen molar-refractivity contribution in [1.29, 1.82) is 0 Å². The van der Waals surface area contributed by atoms with Gasteiger partial charge in [0.25, 0.3) is 0 Å². The van der Waals surface area contributed by atoms with Gasteiger partial charge in [0.1, 0.15) is 0 Å². The highest BCUT2D eigenvalue weighted by Crippen LogP contribution is 2.35. The molecule has 1 heteroatoms. The van der Waals surface area contributed by atoms with Crippen LogP contribution in [0.3, 0.4) is 0 Å². The Hall–Kier alpha value is -1.13. The third kappa shape index (κ3) is 6.24. The van der Waals surface area contributed by atoms with Crippen molar-refractivity contribution in [2.75, 3.05) is 6.16 Å². The van der Waals surface area contributed by atoms with E-state index in [1.54, 1.807) is 22.3 Å². The predicted octanol–water partition coefficient (Wildman–Crippen LogP) is 7.55. The molecule has 0 N–H and O–H groups in total. The first-order valence-electron chi connectivity index (χ1n) is 10.7. The maximum absolute atomic E-state index is 2.88. The van der Waals surface area contributed by atoms with Gasteiger partial charge in [0.05, 0.1) is 0 Å². The van der Waals surface area contributed by atoms with Crippen molar-refractivity contribution in [1.82, 2.24) is 0 Å². The number of unbranched alkanes of at least 4 members (excludes halogenated alkanes) is 3. The Labute approximate surface area is 164 Å². The zero-order valence-corrected chi connectivity index (χ0v) is 18.0. The monoisotopic (exact) mass is 368 g/mol. The lowest BCUT2D eigenvalue weighted by molar-refractivity contribution is 0.638. The van der Waals surface area contributed by atoms with E-state index in [-0.39, 0.29) is 0 Å². The van der Waals surface area contributed by atoms with Gasteiger partial charge in [0.2, 0.25) is 0 Å². The lowest BCUT2D eigenvalue weighted by atomic mass is 9.81. The summed E-state index contributed by atoms with van der Waals surface area (Å²) in [5.41, 5.74) is 6.29. The highest BCUT2D eigenvalue weighted by molar-refractivity contribution is 7.16. The first-order chi connectivity index (χ1) is 12.8. The molecular formula is C25H37P. The van der Waals surface area contributed by atoms with E-state index in [1.165, 1.54) is 63.9 Å². The van der Waals surface area contributed by atoms with Crippen LogP contribution in [0.2, 0.25) is 0 Å². The van der Waals surface area contributed by atoms with Crippen LogP contribution in [-0.4, -0.2) is 6.16 Å². The Bertz CT molecular complexity index is 580. The lowest BCUT2D eigenvalue weighted by Crippen LogP contribution is -2.08. The molecule has 0 spiro atoms. The average molecular weight is 369 g/mol. The maximum atomic E-state index is 2.88. The molecular weight excluding hydrogens is 331 g/mol. The summed E-state index contributed by atoms with van der Waals surface area (Å²) in [6, 6.07) is 18.4. The van der Waals surface area contributed by atoms with Gasteiger partial charge in [-0.2, -0.15) is 0 Å². The Morgan fingerprint density at radius 2 is 1.19 bits per heavy atom. The molecule has 1 unspecified atom stereocenters. The highest BCUT2D eigenvalue weighted by Gasteiger charge is 2.19. The first-order valence-corrected chi connectivity index (χ1v) is 11.5. The third-order valence-electron chi connectivity index (χ3n) is 5.41. The summed E-state index contributed by atoms with van der Waals surface area (Å²) in [6.45, 7) is 4.58.